The first-order chi connectivity index (χ1) is 9.15. The molecule has 0 aliphatic carbocycles. The molecule has 19 heavy (non-hydrogen) atoms. The molecule has 0 aliphatic heterocycles. The monoisotopic (exact) mass is 280 g/mol. The second kappa shape index (κ2) is 5.84. The van der Waals surface area contributed by atoms with Crippen LogP contribution in [0.25, 0.3) is 0 Å². The summed E-state index contributed by atoms with van der Waals surface area (Å²) in [5.41, 5.74) is 1.19. The molecule has 2 N–H and O–H groups in total. The summed E-state index contributed by atoms with van der Waals surface area (Å²) in [4.78, 5) is 8.28. The highest BCUT2D eigenvalue weighted by Crippen LogP contribution is 2.26. The van der Waals surface area contributed by atoms with Crippen LogP contribution in [0.15, 0.2) is 24.5 Å². The smallest absolute Gasteiger partial charge is 0.146 e. The molecule has 0 saturated heterocycles. The van der Waals surface area contributed by atoms with Gasteiger partial charge in [0.15, 0.2) is 0 Å². The molecule has 4 nitrogen and oxygen atoms in total. The molecular weight excluding hydrogens is 267 g/mol. The van der Waals surface area contributed by atoms with Gasteiger partial charge in [0.2, 0.25) is 0 Å². The van der Waals surface area contributed by atoms with Crippen molar-refractivity contribution in [1.82, 2.24) is 9.97 Å². The van der Waals surface area contributed by atoms with Gasteiger partial charge in [-0.15, -0.1) is 0 Å². The molecule has 0 unspecified atom stereocenters. The fraction of sp³-hybridized carbons (Fsp3) is 0.231. The second-order valence-corrected chi connectivity index (χ2v) is 4.34. The van der Waals surface area contributed by atoms with Gasteiger partial charge in [0, 0.05) is 17.6 Å². The van der Waals surface area contributed by atoms with E-state index in [4.69, 9.17) is 11.6 Å². The number of benzene rings is 1. The Morgan fingerprint density at radius 3 is 2.68 bits per heavy atom. The van der Waals surface area contributed by atoms with E-state index in [0.717, 1.165) is 17.8 Å². The van der Waals surface area contributed by atoms with Crippen molar-refractivity contribution in [2.75, 3.05) is 17.7 Å². The standard InChI is InChI=1S/C13H14ClFN4/c1-3-9-12(16-2)17-7-18-13(9)19-11-6-8(14)4-5-10(11)15/h4-7H,3H2,1-2H3,(H2,16,17,18,19). The van der Waals surface area contributed by atoms with Crippen LogP contribution in [0.5, 0.6) is 0 Å². The predicted molar refractivity (Wildman–Crippen MR) is 75.6 cm³/mol. The molecule has 0 fully saturated rings. The number of hydrogen-bond donors (Lipinski definition) is 2. The first kappa shape index (κ1) is 13.5. The number of rotatable bonds is 4. The number of halogens is 2. The third kappa shape index (κ3) is 2.93. The average Bonchev–Trinajstić information content (AvgIpc) is 2.42. The van der Waals surface area contributed by atoms with Crippen LogP contribution in [0, 0.1) is 5.82 Å². The molecule has 100 valence electrons. The van der Waals surface area contributed by atoms with Gasteiger partial charge in [-0.3, -0.25) is 0 Å². The van der Waals surface area contributed by atoms with E-state index in [2.05, 4.69) is 20.6 Å². The minimum atomic E-state index is -0.379. The summed E-state index contributed by atoms with van der Waals surface area (Å²) >= 11 is 5.86. The van der Waals surface area contributed by atoms with Crippen molar-refractivity contribution in [3.8, 4) is 0 Å². The molecule has 2 aromatic rings. The van der Waals surface area contributed by atoms with E-state index in [0.29, 0.717) is 16.5 Å². The van der Waals surface area contributed by atoms with E-state index >= 15 is 0 Å². The Morgan fingerprint density at radius 1 is 1.26 bits per heavy atom. The maximum atomic E-state index is 13.7. The summed E-state index contributed by atoms with van der Waals surface area (Å²) in [6, 6.07) is 4.34. The van der Waals surface area contributed by atoms with Crippen molar-refractivity contribution in [2.45, 2.75) is 13.3 Å². The number of nitrogens with zero attached hydrogens (tertiary/aromatic N) is 2. The van der Waals surface area contributed by atoms with Gasteiger partial charge in [0.05, 0.1) is 5.69 Å². The van der Waals surface area contributed by atoms with E-state index in [1.165, 1.54) is 24.5 Å². The lowest BCUT2D eigenvalue weighted by molar-refractivity contribution is 0.632. The van der Waals surface area contributed by atoms with Crippen molar-refractivity contribution < 1.29 is 4.39 Å². The Morgan fingerprint density at radius 2 is 2.00 bits per heavy atom. The maximum Gasteiger partial charge on any atom is 0.146 e. The summed E-state index contributed by atoms with van der Waals surface area (Å²) in [7, 11) is 1.78. The lowest BCUT2D eigenvalue weighted by Crippen LogP contribution is -2.05. The molecule has 0 bridgehead atoms. The number of nitrogens with one attached hydrogen (secondary N) is 2. The first-order valence-corrected chi connectivity index (χ1v) is 6.27. The van der Waals surface area contributed by atoms with Crippen molar-refractivity contribution in [1.29, 1.82) is 0 Å². The second-order valence-electron chi connectivity index (χ2n) is 3.90. The van der Waals surface area contributed by atoms with Crippen LogP contribution in [0.4, 0.5) is 21.7 Å². The Balaban J connectivity index is 2.40. The summed E-state index contributed by atoms with van der Waals surface area (Å²) in [6.45, 7) is 1.99. The molecule has 0 radical (unpaired) electrons. The predicted octanol–water partition coefficient (Wildman–Crippen LogP) is 3.62. The molecule has 0 saturated carbocycles. The maximum absolute atomic E-state index is 13.7. The highest BCUT2D eigenvalue weighted by molar-refractivity contribution is 6.30. The van der Waals surface area contributed by atoms with E-state index in [9.17, 15) is 4.39 Å². The summed E-state index contributed by atoms with van der Waals surface area (Å²) < 4.78 is 13.7. The number of aromatic nitrogens is 2. The fourth-order valence-electron chi connectivity index (χ4n) is 1.79. The fourth-order valence-corrected chi connectivity index (χ4v) is 1.96. The van der Waals surface area contributed by atoms with Crippen molar-refractivity contribution in [2.24, 2.45) is 0 Å². The van der Waals surface area contributed by atoms with Gasteiger partial charge in [0.25, 0.3) is 0 Å². The molecule has 1 aromatic heterocycles. The molecule has 6 heteroatoms. The first-order valence-electron chi connectivity index (χ1n) is 5.89. The third-order valence-corrected chi connectivity index (χ3v) is 2.95. The zero-order chi connectivity index (χ0) is 13.8. The van der Waals surface area contributed by atoms with E-state index in [-0.39, 0.29) is 5.82 Å². The van der Waals surface area contributed by atoms with Crippen LogP contribution in [-0.4, -0.2) is 17.0 Å². The highest BCUT2D eigenvalue weighted by Gasteiger charge is 2.11. The number of hydrogen-bond acceptors (Lipinski definition) is 4. The van der Waals surface area contributed by atoms with Crippen LogP contribution in [0.3, 0.4) is 0 Å². The van der Waals surface area contributed by atoms with Crippen molar-refractivity contribution in [3.63, 3.8) is 0 Å². The van der Waals surface area contributed by atoms with Crippen LogP contribution < -0.4 is 10.6 Å². The van der Waals surface area contributed by atoms with Gasteiger partial charge < -0.3 is 10.6 Å². The molecule has 0 atom stereocenters. The normalized spacial score (nSPS) is 10.3. The Hall–Kier alpha value is -1.88. The van der Waals surface area contributed by atoms with Crippen molar-refractivity contribution >= 4 is 28.9 Å². The Bertz CT molecular complexity index is 589. The average molecular weight is 281 g/mol. The summed E-state index contributed by atoms with van der Waals surface area (Å²) in [5.74, 6) is 0.918. The van der Waals surface area contributed by atoms with Crippen LogP contribution in [0.1, 0.15) is 12.5 Å². The zero-order valence-electron chi connectivity index (χ0n) is 10.7. The molecular formula is C13H14ClFN4. The van der Waals surface area contributed by atoms with Crippen LogP contribution in [0.2, 0.25) is 5.02 Å². The molecule has 0 aliphatic rings. The third-order valence-electron chi connectivity index (χ3n) is 2.72. The van der Waals surface area contributed by atoms with Crippen LogP contribution in [-0.2, 0) is 6.42 Å². The molecule has 2 rings (SSSR count). The largest absolute Gasteiger partial charge is 0.373 e. The number of anilines is 3. The Labute approximate surface area is 116 Å². The van der Waals surface area contributed by atoms with Gasteiger partial charge >= 0.3 is 0 Å². The van der Waals surface area contributed by atoms with Gasteiger partial charge in [-0.25, -0.2) is 14.4 Å². The lowest BCUT2D eigenvalue weighted by atomic mass is 10.2. The summed E-state index contributed by atoms with van der Waals surface area (Å²) in [5, 5.41) is 6.41. The van der Waals surface area contributed by atoms with Gasteiger partial charge in [0.1, 0.15) is 23.8 Å². The molecule has 0 spiro atoms. The minimum absolute atomic E-state index is 0.294. The zero-order valence-corrected chi connectivity index (χ0v) is 11.4. The Kier molecular flexibility index (Phi) is 4.16. The van der Waals surface area contributed by atoms with Crippen molar-refractivity contribution in [3.05, 3.63) is 40.9 Å². The van der Waals surface area contributed by atoms with E-state index < -0.39 is 0 Å². The van der Waals surface area contributed by atoms with Gasteiger partial charge in [-0.1, -0.05) is 18.5 Å². The SMILES string of the molecule is CCc1c(NC)ncnc1Nc1cc(Cl)ccc1F. The topological polar surface area (TPSA) is 49.8 Å². The van der Waals surface area contributed by atoms with Gasteiger partial charge in [-0.2, -0.15) is 0 Å². The highest BCUT2D eigenvalue weighted by atomic mass is 35.5. The van der Waals surface area contributed by atoms with Gasteiger partial charge in [-0.05, 0) is 24.6 Å². The minimum Gasteiger partial charge on any atom is -0.373 e. The van der Waals surface area contributed by atoms with E-state index in [1.54, 1.807) is 7.05 Å². The lowest BCUT2D eigenvalue weighted by Gasteiger charge is -2.13. The van der Waals surface area contributed by atoms with Crippen LogP contribution >= 0.6 is 11.6 Å². The summed E-state index contributed by atoms with van der Waals surface area (Å²) in [6.07, 6.45) is 2.15. The quantitative estimate of drug-likeness (QED) is 0.898. The van der Waals surface area contributed by atoms with E-state index in [1.807, 2.05) is 6.92 Å². The molecule has 0 amide bonds. The molecule has 1 aromatic carbocycles. The molecule has 1 heterocycles.